The topological polar surface area (TPSA) is 83.2 Å². The molecular formula is C20H18FN5O3S. The van der Waals surface area contributed by atoms with Crippen molar-refractivity contribution < 1.29 is 14.3 Å². The second-order valence-electron chi connectivity index (χ2n) is 7.29. The van der Waals surface area contributed by atoms with Gasteiger partial charge in [0.1, 0.15) is 22.4 Å². The fourth-order valence-electron chi connectivity index (χ4n) is 3.77. The molecule has 0 radical (unpaired) electrons. The Hall–Kier alpha value is -3.24. The third kappa shape index (κ3) is 3.33. The van der Waals surface area contributed by atoms with Crippen LogP contribution in [-0.2, 0) is 0 Å². The molecule has 3 aromatic rings. The molecule has 3 heterocycles. The van der Waals surface area contributed by atoms with Crippen molar-refractivity contribution in [2.24, 2.45) is 4.99 Å². The molecule has 10 heteroatoms. The van der Waals surface area contributed by atoms with Gasteiger partial charge in [-0.15, -0.1) is 21.5 Å². The molecule has 0 unspecified atom stereocenters. The molecule has 5 rings (SSSR count). The molecule has 30 heavy (non-hydrogen) atoms. The lowest BCUT2D eigenvalue weighted by Crippen LogP contribution is -2.47. The number of likely N-dealkylation sites (N-methyl/N-ethyl adjacent to an activating group) is 1. The second kappa shape index (κ2) is 7.22. The molecule has 0 saturated carbocycles. The highest BCUT2D eigenvalue weighted by Gasteiger charge is 2.28. The Kier molecular flexibility index (Phi) is 4.52. The first-order valence-electron chi connectivity index (χ1n) is 9.46. The summed E-state index contributed by atoms with van der Waals surface area (Å²) in [6.07, 6.45) is 0. The Labute approximate surface area is 175 Å². The molecular weight excluding hydrogens is 409 g/mol. The average molecular weight is 427 g/mol. The number of nitrogens with one attached hydrogen (secondary N) is 1. The minimum absolute atomic E-state index is 0.152. The first kappa shape index (κ1) is 18.8. The molecule has 0 bridgehead atoms. The number of hydrogen-bond donors (Lipinski definition) is 1. The molecule has 0 spiro atoms. The van der Waals surface area contributed by atoms with Gasteiger partial charge in [-0.1, -0.05) is 0 Å². The van der Waals surface area contributed by atoms with Crippen molar-refractivity contribution in [3.05, 3.63) is 57.9 Å². The first-order valence-corrected chi connectivity index (χ1v) is 10.3. The maximum absolute atomic E-state index is 13.9. The van der Waals surface area contributed by atoms with Gasteiger partial charge < -0.3 is 15.1 Å². The van der Waals surface area contributed by atoms with E-state index in [0.717, 1.165) is 52.7 Å². The van der Waals surface area contributed by atoms with Gasteiger partial charge in [0.05, 0.1) is 16.9 Å². The van der Waals surface area contributed by atoms with E-state index in [0.29, 0.717) is 11.4 Å². The quantitative estimate of drug-likeness (QED) is 0.492. The van der Waals surface area contributed by atoms with Gasteiger partial charge in [-0.2, -0.15) is 0 Å². The Morgan fingerprint density at radius 2 is 2.00 bits per heavy atom. The van der Waals surface area contributed by atoms with Crippen molar-refractivity contribution in [2.75, 3.05) is 38.5 Å². The van der Waals surface area contributed by atoms with Crippen LogP contribution in [0.4, 0.5) is 20.8 Å². The Morgan fingerprint density at radius 3 is 2.77 bits per heavy atom. The summed E-state index contributed by atoms with van der Waals surface area (Å²) in [5, 5.41) is 15.0. The van der Waals surface area contributed by atoms with Crippen LogP contribution in [-0.4, -0.2) is 53.9 Å². The number of fused-ring (bicyclic) bond motifs is 4. The van der Waals surface area contributed by atoms with Gasteiger partial charge in [0.25, 0.3) is 5.09 Å². The summed E-state index contributed by atoms with van der Waals surface area (Å²) in [6.45, 7) is 3.40. The van der Waals surface area contributed by atoms with E-state index in [2.05, 4.69) is 27.0 Å². The summed E-state index contributed by atoms with van der Waals surface area (Å²) in [6, 6.07) is 9.52. The number of amidine groups is 1. The minimum atomic E-state index is -0.821. The van der Waals surface area contributed by atoms with Gasteiger partial charge in [-0.05, 0) is 43.4 Å². The fraction of sp³-hybridized carbons (Fsp3) is 0.250. The highest BCUT2D eigenvalue weighted by atomic mass is 32.1. The minimum Gasteiger partial charge on any atom is -0.353 e. The fourth-order valence-corrected chi connectivity index (χ4v) is 4.87. The van der Waals surface area contributed by atoms with E-state index in [9.17, 15) is 14.5 Å². The van der Waals surface area contributed by atoms with Crippen LogP contribution in [0.5, 0.6) is 5.75 Å². The Morgan fingerprint density at radius 1 is 1.20 bits per heavy atom. The number of thiophene rings is 1. The molecule has 1 fully saturated rings. The summed E-state index contributed by atoms with van der Waals surface area (Å²) >= 11 is 1.50. The van der Waals surface area contributed by atoms with Gasteiger partial charge in [0, 0.05) is 36.3 Å². The number of rotatable bonds is 2. The Balaban J connectivity index is 1.70. The normalized spacial score (nSPS) is 16.3. The maximum Gasteiger partial charge on any atom is 0.299 e. The van der Waals surface area contributed by atoms with E-state index in [-0.39, 0.29) is 11.6 Å². The number of aliphatic imine (C=N–C) groups is 1. The molecule has 2 aliphatic rings. The number of hydrogen-bond acceptors (Lipinski definition) is 8. The lowest BCUT2D eigenvalue weighted by molar-refractivity contribution is -0.711. The van der Waals surface area contributed by atoms with Crippen molar-refractivity contribution in [1.29, 1.82) is 0 Å². The molecule has 1 aromatic heterocycles. The van der Waals surface area contributed by atoms with Crippen LogP contribution in [0.1, 0.15) is 5.56 Å². The number of halogens is 1. The molecule has 1 saturated heterocycles. The van der Waals surface area contributed by atoms with Crippen LogP contribution >= 0.6 is 11.3 Å². The summed E-state index contributed by atoms with van der Waals surface area (Å²) < 4.78 is 14.8. The molecule has 0 aliphatic carbocycles. The van der Waals surface area contributed by atoms with Crippen LogP contribution < -0.4 is 10.2 Å². The zero-order chi connectivity index (χ0) is 20.8. The summed E-state index contributed by atoms with van der Waals surface area (Å²) in [7, 11) is 2.08. The largest absolute Gasteiger partial charge is 0.353 e. The summed E-state index contributed by atoms with van der Waals surface area (Å²) in [5.41, 5.74) is 2.10. The number of nitrogens with zero attached hydrogens (tertiary/aromatic N) is 4. The highest BCUT2D eigenvalue weighted by Crippen LogP contribution is 2.44. The van der Waals surface area contributed by atoms with Crippen molar-refractivity contribution >= 4 is 43.6 Å². The zero-order valence-electron chi connectivity index (χ0n) is 16.1. The number of anilines is 2. The number of benzene rings is 2. The second-order valence-corrected chi connectivity index (χ2v) is 8.34. The van der Waals surface area contributed by atoms with Crippen LogP contribution in [0.2, 0.25) is 0 Å². The predicted octanol–water partition coefficient (Wildman–Crippen LogP) is 3.99. The van der Waals surface area contributed by atoms with Gasteiger partial charge in [-0.25, -0.2) is 9.38 Å². The molecule has 2 aliphatic heterocycles. The van der Waals surface area contributed by atoms with Crippen LogP contribution in [0.3, 0.4) is 0 Å². The van der Waals surface area contributed by atoms with Gasteiger partial charge >= 0.3 is 0 Å². The lowest BCUT2D eigenvalue weighted by atomic mass is 10.1. The van der Waals surface area contributed by atoms with E-state index < -0.39 is 5.09 Å². The third-order valence-corrected chi connectivity index (χ3v) is 6.39. The molecule has 0 atom stereocenters. The highest BCUT2D eigenvalue weighted by molar-refractivity contribution is 7.23. The van der Waals surface area contributed by atoms with Crippen molar-refractivity contribution in [2.45, 2.75) is 0 Å². The van der Waals surface area contributed by atoms with Crippen LogP contribution in [0.15, 0.2) is 41.4 Å². The van der Waals surface area contributed by atoms with Gasteiger partial charge in [-0.3, -0.25) is 4.84 Å². The Bertz CT molecular complexity index is 1190. The smallest absolute Gasteiger partial charge is 0.299 e. The lowest BCUT2D eigenvalue weighted by Gasteiger charge is -2.34. The molecule has 0 amide bonds. The van der Waals surface area contributed by atoms with Crippen molar-refractivity contribution in [3.8, 4) is 5.75 Å². The van der Waals surface area contributed by atoms with E-state index in [4.69, 9.17) is 4.99 Å². The zero-order valence-corrected chi connectivity index (χ0v) is 16.9. The number of piperazine rings is 1. The maximum atomic E-state index is 13.9. The molecule has 1 N–H and O–H groups in total. The summed E-state index contributed by atoms with van der Waals surface area (Å²) in [5.74, 6) is 0.586. The average Bonchev–Trinajstić information content (AvgIpc) is 2.96. The van der Waals surface area contributed by atoms with Crippen LogP contribution in [0.25, 0.3) is 10.1 Å². The van der Waals surface area contributed by atoms with E-state index >= 15 is 0 Å². The first-order chi connectivity index (χ1) is 14.5. The van der Waals surface area contributed by atoms with Crippen molar-refractivity contribution in [1.82, 2.24) is 9.80 Å². The molecule has 154 valence electrons. The van der Waals surface area contributed by atoms with E-state index in [1.54, 1.807) is 24.3 Å². The third-order valence-electron chi connectivity index (χ3n) is 5.30. The standard InChI is InChI=1S/C20H18FN5O3S/c1-24-6-8-25(9-7-24)19-18-14-11-13(29-26(27)28)3-5-17(14)30-20(18)23-16-10-12(21)2-4-15(16)22-19/h2-5,10-11,23H,6-9H2,1H3. The molecule has 8 nitrogen and oxygen atoms in total. The van der Waals surface area contributed by atoms with E-state index in [1.807, 2.05) is 0 Å². The summed E-state index contributed by atoms with van der Waals surface area (Å²) in [4.78, 5) is 24.9. The van der Waals surface area contributed by atoms with Crippen LogP contribution in [0, 0.1) is 15.9 Å². The molecule has 2 aromatic carbocycles. The predicted molar refractivity (Wildman–Crippen MR) is 114 cm³/mol. The van der Waals surface area contributed by atoms with Crippen molar-refractivity contribution in [3.63, 3.8) is 0 Å². The SMILES string of the molecule is CN1CCN(C2=Nc3ccc(F)cc3Nc3sc4ccc(O[N+](=O)[O-])cc4c32)CC1. The van der Waals surface area contributed by atoms with Gasteiger partial charge in [0.15, 0.2) is 0 Å². The van der Waals surface area contributed by atoms with Gasteiger partial charge in [0.2, 0.25) is 0 Å². The van der Waals surface area contributed by atoms with E-state index in [1.165, 1.54) is 23.5 Å². The monoisotopic (exact) mass is 427 g/mol.